The van der Waals surface area contributed by atoms with E-state index in [1.54, 1.807) is 20.3 Å². The lowest BCUT2D eigenvalue weighted by atomic mass is 9.98. The van der Waals surface area contributed by atoms with Crippen LogP contribution in [-0.4, -0.2) is 56.6 Å². The summed E-state index contributed by atoms with van der Waals surface area (Å²) in [5.41, 5.74) is 5.54. The Balaban J connectivity index is 1.44. The number of rotatable bonds is 13. The van der Waals surface area contributed by atoms with Crippen LogP contribution >= 0.6 is 0 Å². The third-order valence-electron chi connectivity index (χ3n) is 7.53. The molecule has 3 aromatic carbocycles. The lowest BCUT2D eigenvalue weighted by Crippen LogP contribution is -2.38. The number of pyridine rings is 1. The van der Waals surface area contributed by atoms with E-state index in [0.717, 1.165) is 59.3 Å². The number of aromatic amines is 1. The first-order valence-electron chi connectivity index (χ1n) is 14.9. The number of nitrogens with one attached hydrogen (secondary N) is 3. The van der Waals surface area contributed by atoms with Gasteiger partial charge >= 0.3 is 0 Å². The molecule has 1 atom stereocenters. The molecule has 0 aliphatic rings. The lowest BCUT2D eigenvalue weighted by molar-refractivity contribution is -0.131. The van der Waals surface area contributed by atoms with Gasteiger partial charge in [0.15, 0.2) is 0 Å². The number of hydrogen-bond donors (Lipinski definition) is 3. The standard InChI is InChI=1S/C34H38N8O2/c1-4-5-11-21-35-29-20-22-42(31(34(44)41(2)3)26-12-7-6-8-13-26)33(43)30(29)36-23-24-16-18-25(19-17-24)27-14-9-10-15-28(27)32-37-39-40-38-32/h6-10,12-20,22,31,35-36H,4-5,11,21,23H2,1-3H3,(H,37,38,39,40). The van der Waals surface area contributed by atoms with Gasteiger partial charge < -0.3 is 15.5 Å². The molecular formula is C34H38N8O2. The van der Waals surface area contributed by atoms with Crippen molar-refractivity contribution in [2.24, 2.45) is 0 Å². The molecule has 1 amide bonds. The van der Waals surface area contributed by atoms with Crippen molar-refractivity contribution in [2.45, 2.75) is 38.8 Å². The van der Waals surface area contributed by atoms with Crippen molar-refractivity contribution in [3.63, 3.8) is 0 Å². The molecule has 3 N–H and O–H groups in total. The summed E-state index contributed by atoms with van der Waals surface area (Å²) in [4.78, 5) is 29.0. The summed E-state index contributed by atoms with van der Waals surface area (Å²) >= 11 is 0. The fraction of sp³-hybridized carbons (Fsp3) is 0.265. The molecule has 10 heteroatoms. The van der Waals surface area contributed by atoms with E-state index < -0.39 is 6.04 Å². The zero-order valence-corrected chi connectivity index (χ0v) is 25.3. The summed E-state index contributed by atoms with van der Waals surface area (Å²) in [6.07, 6.45) is 4.92. The first-order valence-corrected chi connectivity index (χ1v) is 14.9. The fourth-order valence-corrected chi connectivity index (χ4v) is 5.17. The number of carbonyl (C=O) groups is 1. The molecule has 226 valence electrons. The van der Waals surface area contributed by atoms with Crippen molar-refractivity contribution in [1.82, 2.24) is 30.1 Å². The van der Waals surface area contributed by atoms with Crippen LogP contribution in [0.2, 0.25) is 0 Å². The summed E-state index contributed by atoms with van der Waals surface area (Å²) in [5, 5.41) is 21.3. The molecule has 0 bridgehead atoms. The Kier molecular flexibility index (Phi) is 9.81. The number of tetrazole rings is 1. The van der Waals surface area contributed by atoms with Crippen molar-refractivity contribution >= 4 is 17.3 Å². The number of anilines is 2. The van der Waals surface area contributed by atoms with Gasteiger partial charge in [0.05, 0.1) is 5.69 Å². The average Bonchev–Trinajstić information content (AvgIpc) is 3.60. The second-order valence-corrected chi connectivity index (χ2v) is 10.8. The maximum Gasteiger partial charge on any atom is 0.277 e. The maximum atomic E-state index is 14.1. The summed E-state index contributed by atoms with van der Waals surface area (Å²) in [6.45, 7) is 3.33. The Labute approximate surface area is 257 Å². The molecule has 0 spiro atoms. The second-order valence-electron chi connectivity index (χ2n) is 10.8. The number of benzene rings is 3. The highest BCUT2D eigenvalue weighted by Crippen LogP contribution is 2.30. The van der Waals surface area contributed by atoms with E-state index in [4.69, 9.17) is 0 Å². The van der Waals surface area contributed by atoms with Crippen molar-refractivity contribution < 1.29 is 4.79 Å². The first kappa shape index (κ1) is 30.2. The highest BCUT2D eigenvalue weighted by atomic mass is 16.2. The van der Waals surface area contributed by atoms with E-state index in [0.29, 0.717) is 18.1 Å². The Morgan fingerprint density at radius 1 is 0.909 bits per heavy atom. The summed E-state index contributed by atoms with van der Waals surface area (Å²) in [5.74, 6) is 0.358. The molecular weight excluding hydrogens is 552 g/mol. The Morgan fingerprint density at radius 2 is 1.64 bits per heavy atom. The first-order chi connectivity index (χ1) is 21.5. The number of carbonyl (C=O) groups excluding carboxylic acids is 1. The van der Waals surface area contributed by atoms with Gasteiger partial charge in [-0.25, -0.2) is 0 Å². The number of H-pyrrole nitrogens is 1. The number of aromatic nitrogens is 5. The van der Waals surface area contributed by atoms with Gasteiger partial charge in [-0.1, -0.05) is 98.6 Å². The minimum atomic E-state index is -0.785. The Bertz CT molecular complexity index is 1710. The Morgan fingerprint density at radius 3 is 2.32 bits per heavy atom. The van der Waals surface area contributed by atoms with E-state index in [-0.39, 0.29) is 11.5 Å². The zero-order valence-electron chi connectivity index (χ0n) is 25.3. The predicted octanol–water partition coefficient (Wildman–Crippen LogP) is 5.59. The summed E-state index contributed by atoms with van der Waals surface area (Å²) < 4.78 is 1.52. The smallest absolute Gasteiger partial charge is 0.277 e. The van der Waals surface area contributed by atoms with Crippen molar-refractivity contribution in [3.8, 4) is 22.5 Å². The second kappa shape index (κ2) is 14.3. The molecule has 2 heterocycles. The lowest BCUT2D eigenvalue weighted by Gasteiger charge is -2.25. The van der Waals surface area contributed by atoms with Gasteiger partial charge in [-0.15, -0.1) is 10.2 Å². The highest BCUT2D eigenvalue weighted by molar-refractivity contribution is 5.84. The summed E-state index contributed by atoms with van der Waals surface area (Å²) in [6, 6.07) is 26.6. The molecule has 0 saturated heterocycles. The minimum Gasteiger partial charge on any atom is -0.383 e. The van der Waals surface area contributed by atoms with Crippen LogP contribution in [-0.2, 0) is 11.3 Å². The zero-order chi connectivity index (χ0) is 30.9. The molecule has 0 aliphatic heterocycles. The van der Waals surface area contributed by atoms with E-state index in [1.165, 1.54) is 9.47 Å². The van der Waals surface area contributed by atoms with Crippen LogP contribution in [0.4, 0.5) is 11.4 Å². The van der Waals surface area contributed by atoms with Crippen LogP contribution in [0.15, 0.2) is 95.9 Å². The van der Waals surface area contributed by atoms with Gasteiger partial charge in [-0.2, -0.15) is 5.21 Å². The van der Waals surface area contributed by atoms with Crippen LogP contribution in [0, 0.1) is 0 Å². The topological polar surface area (TPSA) is 121 Å². The highest BCUT2D eigenvalue weighted by Gasteiger charge is 2.26. The van der Waals surface area contributed by atoms with Crippen LogP contribution in [0.5, 0.6) is 0 Å². The molecule has 0 saturated carbocycles. The normalized spacial score (nSPS) is 11.6. The van der Waals surface area contributed by atoms with Gasteiger partial charge in [0.2, 0.25) is 11.7 Å². The molecule has 10 nitrogen and oxygen atoms in total. The van der Waals surface area contributed by atoms with Crippen molar-refractivity contribution in [1.29, 1.82) is 0 Å². The third-order valence-corrected chi connectivity index (χ3v) is 7.53. The Hall–Kier alpha value is -5.25. The molecule has 44 heavy (non-hydrogen) atoms. The number of likely N-dealkylation sites (N-methyl/N-ethyl adjacent to an activating group) is 1. The van der Waals surface area contributed by atoms with Gasteiger partial charge in [0.25, 0.3) is 5.56 Å². The number of amides is 1. The molecule has 1 unspecified atom stereocenters. The monoisotopic (exact) mass is 590 g/mol. The molecule has 0 aliphatic carbocycles. The molecule has 2 aromatic heterocycles. The predicted molar refractivity (Wildman–Crippen MR) is 174 cm³/mol. The van der Waals surface area contributed by atoms with Gasteiger partial charge in [-0.05, 0) is 40.0 Å². The number of hydrogen-bond acceptors (Lipinski definition) is 7. The quantitative estimate of drug-likeness (QED) is 0.153. The van der Waals surface area contributed by atoms with E-state index in [1.807, 2.05) is 84.9 Å². The van der Waals surface area contributed by atoms with Crippen molar-refractivity contribution in [3.05, 3.63) is 113 Å². The van der Waals surface area contributed by atoms with Gasteiger partial charge in [0.1, 0.15) is 11.7 Å². The molecule has 0 radical (unpaired) electrons. The molecule has 5 rings (SSSR count). The van der Waals surface area contributed by atoms with Gasteiger partial charge in [0, 0.05) is 38.9 Å². The van der Waals surface area contributed by atoms with Crippen LogP contribution < -0.4 is 16.2 Å². The fourth-order valence-electron chi connectivity index (χ4n) is 5.17. The van der Waals surface area contributed by atoms with Gasteiger partial charge in [-0.3, -0.25) is 14.2 Å². The van der Waals surface area contributed by atoms with Crippen LogP contribution in [0.1, 0.15) is 43.4 Å². The minimum absolute atomic E-state index is 0.176. The summed E-state index contributed by atoms with van der Waals surface area (Å²) in [7, 11) is 3.41. The van der Waals surface area contributed by atoms with Crippen LogP contribution in [0.25, 0.3) is 22.5 Å². The van der Waals surface area contributed by atoms with Crippen LogP contribution in [0.3, 0.4) is 0 Å². The number of nitrogens with zero attached hydrogens (tertiary/aromatic N) is 5. The SMILES string of the molecule is CCCCCNc1ccn(C(C(=O)N(C)C)c2ccccc2)c(=O)c1NCc1ccc(-c2ccccc2-c2nn[nH]n2)cc1. The molecule has 5 aromatic rings. The number of unbranched alkanes of at least 4 members (excludes halogenated alkanes) is 2. The average molecular weight is 591 g/mol. The largest absolute Gasteiger partial charge is 0.383 e. The van der Waals surface area contributed by atoms with E-state index in [9.17, 15) is 9.59 Å². The van der Waals surface area contributed by atoms with Crippen molar-refractivity contribution in [2.75, 3.05) is 31.3 Å². The third kappa shape index (κ3) is 6.86. The van der Waals surface area contributed by atoms with E-state index in [2.05, 4.69) is 38.2 Å². The maximum absolute atomic E-state index is 14.1. The molecule has 0 fully saturated rings. The van der Waals surface area contributed by atoms with E-state index >= 15 is 0 Å².